The highest BCUT2D eigenvalue weighted by atomic mass is 16.5. The van der Waals surface area contributed by atoms with E-state index in [-0.39, 0.29) is 38.3 Å². The zero-order chi connectivity index (χ0) is 13.8. The molecule has 6 nitrogen and oxygen atoms in total. The molecule has 0 rings (SSSR count). The van der Waals surface area contributed by atoms with E-state index in [9.17, 15) is 0 Å². The van der Waals surface area contributed by atoms with Crippen molar-refractivity contribution in [3.05, 3.63) is 0 Å². The third-order valence-corrected chi connectivity index (χ3v) is 3.05. The molecule has 0 saturated carbocycles. The number of aliphatic hydroxyl groups is 4. The minimum Gasteiger partial charge on any atom is -0.396 e. The van der Waals surface area contributed by atoms with E-state index in [2.05, 4.69) is 0 Å². The molecule has 0 heterocycles. The van der Waals surface area contributed by atoms with Crippen LogP contribution in [0.5, 0.6) is 0 Å². The van der Waals surface area contributed by atoms with Crippen LogP contribution in [0.2, 0.25) is 0 Å². The van der Waals surface area contributed by atoms with Crippen LogP contribution in [0.3, 0.4) is 0 Å². The Balaban J connectivity index is 3.76. The van der Waals surface area contributed by atoms with E-state index in [0.29, 0.717) is 13.2 Å². The molecule has 0 saturated heterocycles. The Kier molecular flexibility index (Phi) is 11.7. The van der Waals surface area contributed by atoms with Crippen molar-refractivity contribution in [2.24, 2.45) is 17.6 Å². The Morgan fingerprint density at radius 1 is 0.833 bits per heavy atom. The summed E-state index contributed by atoms with van der Waals surface area (Å²) in [6.07, 6.45) is 1.92. The Bertz CT molecular complexity index is 174. The van der Waals surface area contributed by atoms with Crippen molar-refractivity contribution in [1.82, 2.24) is 0 Å². The number of hydrogen-bond donors (Lipinski definition) is 5. The number of rotatable bonds is 12. The first-order valence-electron chi connectivity index (χ1n) is 6.46. The van der Waals surface area contributed by atoms with Gasteiger partial charge in [-0.05, 0) is 25.3 Å². The number of hydrogen-bond acceptors (Lipinski definition) is 6. The Hall–Kier alpha value is -0.240. The summed E-state index contributed by atoms with van der Waals surface area (Å²) in [5.74, 6) is 0.107. The van der Waals surface area contributed by atoms with Crippen LogP contribution in [-0.2, 0) is 4.74 Å². The molecule has 110 valence electrons. The molecule has 0 aliphatic carbocycles. The van der Waals surface area contributed by atoms with Gasteiger partial charge in [0.05, 0.1) is 19.8 Å². The molecule has 0 aromatic carbocycles. The largest absolute Gasteiger partial charge is 0.396 e. The van der Waals surface area contributed by atoms with Crippen molar-refractivity contribution < 1.29 is 25.2 Å². The van der Waals surface area contributed by atoms with Gasteiger partial charge in [0, 0.05) is 19.1 Å². The van der Waals surface area contributed by atoms with Gasteiger partial charge in [-0.15, -0.1) is 0 Å². The van der Waals surface area contributed by atoms with Gasteiger partial charge in [0.2, 0.25) is 0 Å². The average Bonchev–Trinajstić information content (AvgIpc) is 2.42. The lowest BCUT2D eigenvalue weighted by molar-refractivity contribution is -0.0336. The number of nitrogens with two attached hydrogens (primary N) is 1. The highest BCUT2D eigenvalue weighted by Crippen LogP contribution is 2.13. The lowest BCUT2D eigenvalue weighted by Gasteiger charge is -2.19. The van der Waals surface area contributed by atoms with Crippen molar-refractivity contribution in [2.75, 3.05) is 39.6 Å². The molecule has 0 aliphatic rings. The lowest BCUT2D eigenvalue weighted by Crippen LogP contribution is -2.28. The van der Waals surface area contributed by atoms with Gasteiger partial charge < -0.3 is 30.9 Å². The first kappa shape index (κ1) is 17.8. The summed E-state index contributed by atoms with van der Waals surface area (Å²) in [4.78, 5) is 0. The van der Waals surface area contributed by atoms with Crippen molar-refractivity contribution in [3.63, 3.8) is 0 Å². The monoisotopic (exact) mass is 265 g/mol. The molecule has 1 atom stereocenters. The van der Waals surface area contributed by atoms with Crippen molar-refractivity contribution in [1.29, 1.82) is 0 Å². The molecule has 1 unspecified atom stereocenters. The molecule has 0 aromatic rings. The second-order valence-electron chi connectivity index (χ2n) is 4.58. The SMILES string of the molecule is NCC(CCCC(CO)CO)COC(CO)CO. The Morgan fingerprint density at radius 2 is 1.39 bits per heavy atom. The van der Waals surface area contributed by atoms with Gasteiger partial charge in [-0.3, -0.25) is 0 Å². The predicted octanol–water partition coefficient (Wildman–Crippen LogP) is -1.30. The molecule has 6 heteroatoms. The molecular weight excluding hydrogens is 238 g/mol. The number of aliphatic hydroxyl groups excluding tert-OH is 4. The van der Waals surface area contributed by atoms with Gasteiger partial charge in [0.15, 0.2) is 0 Å². The summed E-state index contributed by atoms with van der Waals surface area (Å²) < 4.78 is 5.32. The maximum atomic E-state index is 8.92. The van der Waals surface area contributed by atoms with Crippen LogP contribution in [0.25, 0.3) is 0 Å². The van der Waals surface area contributed by atoms with Gasteiger partial charge in [0.25, 0.3) is 0 Å². The van der Waals surface area contributed by atoms with E-state index in [4.69, 9.17) is 30.9 Å². The molecule has 6 N–H and O–H groups in total. The van der Waals surface area contributed by atoms with E-state index in [0.717, 1.165) is 19.3 Å². The summed E-state index contributed by atoms with van der Waals surface area (Å²) in [5.41, 5.74) is 5.62. The third-order valence-electron chi connectivity index (χ3n) is 3.05. The molecule has 0 spiro atoms. The van der Waals surface area contributed by atoms with E-state index in [1.165, 1.54) is 0 Å². The van der Waals surface area contributed by atoms with Gasteiger partial charge in [-0.1, -0.05) is 6.42 Å². The van der Waals surface area contributed by atoms with Crippen LogP contribution in [-0.4, -0.2) is 66.1 Å². The molecule has 0 amide bonds. The van der Waals surface area contributed by atoms with E-state index in [1.807, 2.05) is 0 Å². The van der Waals surface area contributed by atoms with Crippen molar-refractivity contribution in [3.8, 4) is 0 Å². The van der Waals surface area contributed by atoms with Crippen LogP contribution < -0.4 is 5.73 Å². The van der Waals surface area contributed by atoms with Crippen LogP contribution in [0.15, 0.2) is 0 Å². The summed E-state index contributed by atoms with van der Waals surface area (Å²) in [5, 5.41) is 35.6. The number of ether oxygens (including phenoxy) is 1. The smallest absolute Gasteiger partial charge is 0.104 e. The standard InChI is InChI=1S/C12H27NO5/c13-4-10(9-18-12(7-16)8-17)2-1-3-11(5-14)6-15/h10-12,14-17H,1-9,13H2. The molecule has 0 bridgehead atoms. The molecular formula is C12H27NO5. The quantitative estimate of drug-likeness (QED) is 0.299. The van der Waals surface area contributed by atoms with Crippen molar-refractivity contribution >= 4 is 0 Å². The summed E-state index contributed by atoms with van der Waals surface area (Å²) in [6.45, 7) is 0.474. The molecule has 0 fully saturated rings. The van der Waals surface area contributed by atoms with Crippen LogP contribution >= 0.6 is 0 Å². The first-order chi connectivity index (χ1) is 8.71. The minimum atomic E-state index is -0.540. The van der Waals surface area contributed by atoms with Crippen LogP contribution in [0.1, 0.15) is 19.3 Å². The topological polar surface area (TPSA) is 116 Å². The molecule has 18 heavy (non-hydrogen) atoms. The van der Waals surface area contributed by atoms with Crippen LogP contribution in [0.4, 0.5) is 0 Å². The van der Waals surface area contributed by atoms with Crippen molar-refractivity contribution in [2.45, 2.75) is 25.4 Å². The first-order valence-corrected chi connectivity index (χ1v) is 6.46. The van der Waals surface area contributed by atoms with Gasteiger partial charge in [-0.2, -0.15) is 0 Å². The highest BCUT2D eigenvalue weighted by Gasteiger charge is 2.13. The van der Waals surface area contributed by atoms with E-state index < -0.39 is 6.10 Å². The van der Waals surface area contributed by atoms with Gasteiger partial charge in [-0.25, -0.2) is 0 Å². The predicted molar refractivity (Wildman–Crippen MR) is 68.0 cm³/mol. The summed E-state index contributed by atoms with van der Waals surface area (Å²) in [6, 6.07) is 0. The fourth-order valence-corrected chi connectivity index (χ4v) is 1.64. The third kappa shape index (κ3) is 7.97. The van der Waals surface area contributed by atoms with E-state index in [1.54, 1.807) is 0 Å². The van der Waals surface area contributed by atoms with E-state index >= 15 is 0 Å². The summed E-state index contributed by atoms with van der Waals surface area (Å²) >= 11 is 0. The normalized spacial score (nSPS) is 13.5. The van der Waals surface area contributed by atoms with Gasteiger partial charge in [0.1, 0.15) is 6.10 Å². The minimum absolute atomic E-state index is 0.00259. The molecule has 0 aromatic heterocycles. The summed E-state index contributed by atoms with van der Waals surface area (Å²) in [7, 11) is 0. The fraction of sp³-hybridized carbons (Fsp3) is 1.00. The molecule has 0 aliphatic heterocycles. The highest BCUT2D eigenvalue weighted by molar-refractivity contribution is 4.64. The Labute approximate surface area is 108 Å². The van der Waals surface area contributed by atoms with Crippen LogP contribution in [0, 0.1) is 11.8 Å². The fourth-order valence-electron chi connectivity index (χ4n) is 1.64. The maximum absolute atomic E-state index is 8.92. The average molecular weight is 265 g/mol. The maximum Gasteiger partial charge on any atom is 0.104 e. The Morgan fingerprint density at radius 3 is 1.83 bits per heavy atom. The zero-order valence-corrected chi connectivity index (χ0v) is 10.9. The van der Waals surface area contributed by atoms with Gasteiger partial charge >= 0.3 is 0 Å². The zero-order valence-electron chi connectivity index (χ0n) is 10.9. The second-order valence-corrected chi connectivity index (χ2v) is 4.58. The lowest BCUT2D eigenvalue weighted by atomic mass is 9.98. The second kappa shape index (κ2) is 11.8. The molecule has 0 radical (unpaired) electrons.